The van der Waals surface area contributed by atoms with Crippen LogP contribution in [-0.4, -0.2) is 10.9 Å². The Labute approximate surface area is 131 Å². The molecular weight excluding hydrogens is 300 g/mol. The third-order valence-corrected chi connectivity index (χ3v) is 5.40. The summed E-state index contributed by atoms with van der Waals surface area (Å²) in [6.07, 6.45) is 0.960. The number of thiophene rings is 1. The number of aromatic nitrogens is 1. The van der Waals surface area contributed by atoms with Gasteiger partial charge in [0.2, 0.25) is 0 Å². The van der Waals surface area contributed by atoms with Gasteiger partial charge in [0.25, 0.3) is 5.91 Å². The SMILES string of the molecule is CCc1cc(C(=O)Nc2ccc3nc(C)sc3c2)sc1C. The molecule has 0 saturated heterocycles. The molecule has 0 spiro atoms. The monoisotopic (exact) mass is 316 g/mol. The van der Waals surface area contributed by atoms with Crippen LogP contribution in [0.1, 0.15) is 32.0 Å². The van der Waals surface area contributed by atoms with E-state index in [2.05, 4.69) is 24.1 Å². The zero-order chi connectivity index (χ0) is 15.0. The number of carbonyl (C=O) groups is 1. The molecule has 21 heavy (non-hydrogen) atoms. The lowest BCUT2D eigenvalue weighted by atomic mass is 10.2. The minimum Gasteiger partial charge on any atom is -0.321 e. The number of nitrogens with zero attached hydrogens (tertiary/aromatic N) is 1. The molecule has 0 atom stereocenters. The predicted octanol–water partition coefficient (Wildman–Crippen LogP) is 4.79. The highest BCUT2D eigenvalue weighted by molar-refractivity contribution is 7.18. The summed E-state index contributed by atoms with van der Waals surface area (Å²) >= 11 is 3.19. The molecule has 0 fully saturated rings. The highest BCUT2D eigenvalue weighted by atomic mass is 32.1. The summed E-state index contributed by atoms with van der Waals surface area (Å²) in [5.41, 5.74) is 3.05. The number of carbonyl (C=O) groups excluding carboxylic acids is 1. The number of nitrogens with one attached hydrogen (secondary N) is 1. The van der Waals surface area contributed by atoms with Crippen LogP contribution in [-0.2, 0) is 6.42 Å². The Hall–Kier alpha value is -1.72. The number of amides is 1. The third kappa shape index (κ3) is 2.84. The van der Waals surface area contributed by atoms with E-state index >= 15 is 0 Å². The normalized spacial score (nSPS) is 11.0. The second-order valence-electron chi connectivity index (χ2n) is 4.92. The Bertz CT molecular complexity index is 817. The average molecular weight is 316 g/mol. The number of hydrogen-bond acceptors (Lipinski definition) is 4. The van der Waals surface area contributed by atoms with Gasteiger partial charge in [-0.05, 0) is 50.1 Å². The van der Waals surface area contributed by atoms with Crippen molar-refractivity contribution in [3.8, 4) is 0 Å². The topological polar surface area (TPSA) is 42.0 Å². The van der Waals surface area contributed by atoms with E-state index in [9.17, 15) is 4.79 Å². The Balaban J connectivity index is 1.84. The lowest BCUT2D eigenvalue weighted by Gasteiger charge is -2.03. The van der Waals surface area contributed by atoms with Crippen LogP contribution >= 0.6 is 22.7 Å². The highest BCUT2D eigenvalue weighted by Gasteiger charge is 2.12. The molecule has 0 unspecified atom stereocenters. The summed E-state index contributed by atoms with van der Waals surface area (Å²) < 4.78 is 1.10. The van der Waals surface area contributed by atoms with Gasteiger partial charge in [-0.1, -0.05) is 6.92 Å². The molecule has 0 saturated carbocycles. The Kier molecular flexibility index (Phi) is 3.78. The van der Waals surface area contributed by atoms with Crippen molar-refractivity contribution in [2.24, 2.45) is 0 Å². The summed E-state index contributed by atoms with van der Waals surface area (Å²) in [5.74, 6) is -0.0385. The molecule has 1 amide bonds. The van der Waals surface area contributed by atoms with Gasteiger partial charge in [0.1, 0.15) is 0 Å². The van der Waals surface area contributed by atoms with E-state index < -0.39 is 0 Å². The minimum absolute atomic E-state index is 0.0385. The molecule has 0 radical (unpaired) electrons. The number of aryl methyl sites for hydroxylation is 3. The predicted molar refractivity (Wildman–Crippen MR) is 90.7 cm³/mol. The number of hydrogen-bond donors (Lipinski definition) is 1. The average Bonchev–Trinajstić information content (AvgIpc) is 3.00. The van der Waals surface area contributed by atoms with Crippen molar-refractivity contribution < 1.29 is 4.79 Å². The van der Waals surface area contributed by atoms with Crippen molar-refractivity contribution in [1.29, 1.82) is 0 Å². The maximum absolute atomic E-state index is 12.3. The molecule has 3 aromatic rings. The molecule has 3 nitrogen and oxygen atoms in total. The fourth-order valence-corrected chi connectivity index (χ4v) is 4.17. The van der Waals surface area contributed by atoms with Crippen LogP contribution < -0.4 is 5.32 Å². The first-order valence-electron chi connectivity index (χ1n) is 6.84. The van der Waals surface area contributed by atoms with Gasteiger partial charge in [0.15, 0.2) is 0 Å². The van der Waals surface area contributed by atoms with Crippen molar-refractivity contribution >= 4 is 44.5 Å². The number of benzene rings is 1. The molecule has 1 aromatic carbocycles. The largest absolute Gasteiger partial charge is 0.321 e. The maximum atomic E-state index is 12.3. The summed E-state index contributed by atoms with van der Waals surface area (Å²) in [6.45, 7) is 6.16. The van der Waals surface area contributed by atoms with Crippen LogP contribution in [0.2, 0.25) is 0 Å². The van der Waals surface area contributed by atoms with Crippen LogP contribution in [0.25, 0.3) is 10.2 Å². The van der Waals surface area contributed by atoms with Gasteiger partial charge in [0, 0.05) is 10.6 Å². The zero-order valence-corrected chi connectivity index (χ0v) is 13.8. The van der Waals surface area contributed by atoms with Crippen molar-refractivity contribution in [1.82, 2.24) is 4.98 Å². The summed E-state index contributed by atoms with van der Waals surface area (Å²) in [7, 11) is 0. The van der Waals surface area contributed by atoms with Crippen LogP contribution in [0.3, 0.4) is 0 Å². The van der Waals surface area contributed by atoms with Gasteiger partial charge in [-0.3, -0.25) is 4.79 Å². The number of thiazole rings is 1. The lowest BCUT2D eigenvalue weighted by Crippen LogP contribution is -2.09. The number of rotatable bonds is 3. The van der Waals surface area contributed by atoms with E-state index in [0.717, 1.165) is 32.2 Å². The van der Waals surface area contributed by atoms with Crippen molar-refractivity contribution in [2.75, 3.05) is 5.32 Å². The van der Waals surface area contributed by atoms with Crippen LogP contribution in [0.4, 0.5) is 5.69 Å². The molecule has 2 aromatic heterocycles. The van der Waals surface area contributed by atoms with Crippen molar-refractivity contribution in [3.63, 3.8) is 0 Å². The van der Waals surface area contributed by atoms with E-state index in [1.165, 1.54) is 10.4 Å². The van der Waals surface area contributed by atoms with Crippen LogP contribution in [0, 0.1) is 13.8 Å². The quantitative estimate of drug-likeness (QED) is 0.755. The van der Waals surface area contributed by atoms with Crippen molar-refractivity contribution in [3.05, 3.63) is 44.6 Å². The molecule has 0 aliphatic rings. The van der Waals surface area contributed by atoms with Gasteiger partial charge >= 0.3 is 0 Å². The second-order valence-corrected chi connectivity index (χ2v) is 7.41. The summed E-state index contributed by atoms with van der Waals surface area (Å²) in [4.78, 5) is 18.7. The Morgan fingerprint density at radius 3 is 2.76 bits per heavy atom. The van der Waals surface area contributed by atoms with E-state index in [1.807, 2.05) is 31.2 Å². The van der Waals surface area contributed by atoms with E-state index in [4.69, 9.17) is 0 Å². The highest BCUT2D eigenvalue weighted by Crippen LogP contribution is 2.26. The summed E-state index contributed by atoms with van der Waals surface area (Å²) in [6, 6.07) is 7.83. The van der Waals surface area contributed by atoms with E-state index in [-0.39, 0.29) is 5.91 Å². The molecule has 2 heterocycles. The molecule has 108 valence electrons. The smallest absolute Gasteiger partial charge is 0.265 e. The number of anilines is 1. The molecule has 1 N–H and O–H groups in total. The van der Waals surface area contributed by atoms with E-state index in [0.29, 0.717) is 0 Å². The maximum Gasteiger partial charge on any atom is 0.265 e. The second kappa shape index (κ2) is 5.58. The Morgan fingerprint density at radius 2 is 2.05 bits per heavy atom. The van der Waals surface area contributed by atoms with Gasteiger partial charge in [-0.15, -0.1) is 22.7 Å². The van der Waals surface area contributed by atoms with Crippen molar-refractivity contribution in [2.45, 2.75) is 27.2 Å². The van der Waals surface area contributed by atoms with Crippen LogP contribution in [0.15, 0.2) is 24.3 Å². The third-order valence-electron chi connectivity index (χ3n) is 3.38. The molecular formula is C16H16N2OS2. The molecule has 0 aliphatic heterocycles. The van der Waals surface area contributed by atoms with Gasteiger partial charge in [-0.2, -0.15) is 0 Å². The zero-order valence-electron chi connectivity index (χ0n) is 12.2. The first-order chi connectivity index (χ1) is 10.1. The molecule has 0 bridgehead atoms. The first-order valence-corrected chi connectivity index (χ1v) is 8.48. The standard InChI is InChI=1S/C16H16N2OS2/c1-4-11-7-15(20-9(11)2)16(19)18-12-5-6-13-14(8-12)21-10(3)17-13/h5-8H,4H2,1-3H3,(H,18,19). The van der Waals surface area contributed by atoms with E-state index in [1.54, 1.807) is 22.7 Å². The molecule has 3 rings (SSSR count). The van der Waals surface area contributed by atoms with Gasteiger partial charge in [-0.25, -0.2) is 4.98 Å². The molecule has 0 aliphatic carbocycles. The van der Waals surface area contributed by atoms with Crippen LogP contribution in [0.5, 0.6) is 0 Å². The Morgan fingerprint density at radius 1 is 1.24 bits per heavy atom. The first kappa shape index (κ1) is 14.2. The minimum atomic E-state index is -0.0385. The lowest BCUT2D eigenvalue weighted by molar-refractivity contribution is 0.103. The van der Waals surface area contributed by atoms with Gasteiger partial charge < -0.3 is 5.32 Å². The fraction of sp³-hybridized carbons (Fsp3) is 0.250. The fourth-order valence-electron chi connectivity index (χ4n) is 2.29. The summed E-state index contributed by atoms with van der Waals surface area (Å²) in [5, 5.41) is 4.01. The number of fused-ring (bicyclic) bond motifs is 1. The molecule has 5 heteroatoms. The van der Waals surface area contributed by atoms with Gasteiger partial charge in [0.05, 0.1) is 20.1 Å².